The number of nitrogens with two attached hydrogens (primary N) is 1. The highest BCUT2D eigenvalue weighted by atomic mass is 79.9. The number of pyridine rings is 1. The van der Waals surface area contributed by atoms with Gasteiger partial charge < -0.3 is 10.8 Å². The van der Waals surface area contributed by atoms with E-state index in [4.69, 9.17) is 10.8 Å². The summed E-state index contributed by atoms with van der Waals surface area (Å²) in [5, 5.41) is 8.45. The Morgan fingerprint density at radius 1 is 1.79 bits per heavy atom. The zero-order valence-electron chi connectivity index (χ0n) is 7.08. The summed E-state index contributed by atoms with van der Waals surface area (Å²) < 4.78 is 13.7. The second-order valence-electron chi connectivity index (χ2n) is 2.72. The van der Waals surface area contributed by atoms with Crippen molar-refractivity contribution in [3.63, 3.8) is 0 Å². The minimum atomic E-state index is -1.08. The van der Waals surface area contributed by atoms with E-state index >= 15 is 0 Å². The molecule has 0 fully saturated rings. The highest BCUT2D eigenvalue weighted by Gasteiger charge is 2.16. The Kier molecular flexibility index (Phi) is 3.54. The SMILES string of the molecule is N[C@@H](CC(=O)O)c1ncc(Br)cc1F. The smallest absolute Gasteiger partial charge is 0.305 e. The van der Waals surface area contributed by atoms with E-state index in [1.54, 1.807) is 0 Å². The lowest BCUT2D eigenvalue weighted by Gasteiger charge is -2.08. The van der Waals surface area contributed by atoms with Crippen LogP contribution in [-0.2, 0) is 4.79 Å². The van der Waals surface area contributed by atoms with E-state index in [9.17, 15) is 9.18 Å². The molecule has 0 saturated carbocycles. The third-order valence-corrected chi connectivity index (χ3v) is 2.02. The summed E-state index contributed by atoms with van der Waals surface area (Å²) in [5.74, 6) is -1.69. The van der Waals surface area contributed by atoms with E-state index in [1.807, 2.05) is 0 Å². The average Bonchev–Trinajstić information content (AvgIpc) is 2.01. The number of aliphatic carboxylic acids is 1. The molecule has 4 nitrogen and oxygen atoms in total. The molecule has 76 valence electrons. The number of carbonyl (C=O) groups is 1. The molecule has 0 saturated heterocycles. The van der Waals surface area contributed by atoms with Crippen LogP contribution >= 0.6 is 15.9 Å². The number of nitrogens with zero attached hydrogens (tertiary/aromatic N) is 1. The molecule has 6 heteroatoms. The first-order valence-electron chi connectivity index (χ1n) is 3.79. The van der Waals surface area contributed by atoms with Gasteiger partial charge in [-0.2, -0.15) is 0 Å². The fourth-order valence-electron chi connectivity index (χ4n) is 0.983. The number of carboxylic acids is 1. The second-order valence-corrected chi connectivity index (χ2v) is 3.64. The first kappa shape index (κ1) is 11.1. The molecule has 0 bridgehead atoms. The van der Waals surface area contributed by atoms with Crippen molar-refractivity contribution in [3.05, 3.63) is 28.2 Å². The van der Waals surface area contributed by atoms with Crippen LogP contribution in [-0.4, -0.2) is 16.1 Å². The lowest BCUT2D eigenvalue weighted by Crippen LogP contribution is -2.17. The number of aromatic nitrogens is 1. The average molecular weight is 263 g/mol. The van der Waals surface area contributed by atoms with Crippen LogP contribution in [0.25, 0.3) is 0 Å². The second kappa shape index (κ2) is 4.47. The van der Waals surface area contributed by atoms with Gasteiger partial charge in [-0.1, -0.05) is 0 Å². The molecule has 0 spiro atoms. The minimum Gasteiger partial charge on any atom is -0.481 e. The normalized spacial score (nSPS) is 12.5. The van der Waals surface area contributed by atoms with Crippen LogP contribution in [0.1, 0.15) is 18.2 Å². The molecule has 1 heterocycles. The van der Waals surface area contributed by atoms with Gasteiger partial charge in [-0.05, 0) is 22.0 Å². The lowest BCUT2D eigenvalue weighted by molar-refractivity contribution is -0.137. The molecule has 0 aliphatic carbocycles. The predicted molar refractivity (Wildman–Crippen MR) is 51.1 cm³/mol. The van der Waals surface area contributed by atoms with Crippen molar-refractivity contribution in [3.8, 4) is 0 Å². The Bertz CT molecular complexity index is 359. The van der Waals surface area contributed by atoms with Crippen molar-refractivity contribution in [2.45, 2.75) is 12.5 Å². The summed E-state index contributed by atoms with van der Waals surface area (Å²) in [6, 6.07) is 0.282. The zero-order chi connectivity index (χ0) is 10.7. The molecule has 1 atom stereocenters. The molecule has 0 amide bonds. The largest absolute Gasteiger partial charge is 0.481 e. The van der Waals surface area contributed by atoms with Gasteiger partial charge >= 0.3 is 5.97 Å². The molecular formula is C8H8BrFN2O2. The highest BCUT2D eigenvalue weighted by Crippen LogP contribution is 2.18. The van der Waals surface area contributed by atoms with Gasteiger partial charge in [0.15, 0.2) is 0 Å². The summed E-state index contributed by atoms with van der Waals surface area (Å²) in [6.45, 7) is 0. The van der Waals surface area contributed by atoms with Crippen LogP contribution in [0.3, 0.4) is 0 Å². The molecule has 3 N–H and O–H groups in total. The van der Waals surface area contributed by atoms with Crippen molar-refractivity contribution < 1.29 is 14.3 Å². The van der Waals surface area contributed by atoms with Crippen LogP contribution in [0.4, 0.5) is 4.39 Å². The highest BCUT2D eigenvalue weighted by molar-refractivity contribution is 9.10. The maximum Gasteiger partial charge on any atom is 0.305 e. The van der Waals surface area contributed by atoms with E-state index in [-0.39, 0.29) is 12.1 Å². The number of rotatable bonds is 3. The van der Waals surface area contributed by atoms with Crippen molar-refractivity contribution in [1.29, 1.82) is 0 Å². The van der Waals surface area contributed by atoms with Crippen LogP contribution in [0, 0.1) is 5.82 Å². The molecule has 1 aromatic rings. The molecule has 1 aromatic heterocycles. The molecule has 0 aromatic carbocycles. The van der Waals surface area contributed by atoms with E-state index in [0.717, 1.165) is 0 Å². The molecule has 0 unspecified atom stereocenters. The maximum atomic E-state index is 13.2. The quantitative estimate of drug-likeness (QED) is 0.865. The van der Waals surface area contributed by atoms with Crippen molar-refractivity contribution in [2.75, 3.05) is 0 Å². The number of hydrogen-bond acceptors (Lipinski definition) is 3. The first-order chi connectivity index (χ1) is 6.50. The standard InChI is InChI=1S/C8H8BrFN2O2/c9-4-1-5(10)8(12-3-4)6(11)2-7(13)14/h1,3,6H,2,11H2,(H,13,14)/t6-/m0/s1. The summed E-state index contributed by atoms with van der Waals surface area (Å²) in [4.78, 5) is 14.0. The van der Waals surface area contributed by atoms with Gasteiger partial charge in [-0.3, -0.25) is 9.78 Å². The van der Waals surface area contributed by atoms with Crippen molar-refractivity contribution in [2.24, 2.45) is 5.73 Å². The molecule has 0 radical (unpaired) electrons. The molecule has 0 aliphatic rings. The first-order valence-corrected chi connectivity index (χ1v) is 4.58. The van der Waals surface area contributed by atoms with Gasteiger partial charge in [0.1, 0.15) is 5.82 Å². The van der Waals surface area contributed by atoms with E-state index in [0.29, 0.717) is 4.47 Å². The van der Waals surface area contributed by atoms with Crippen molar-refractivity contribution >= 4 is 21.9 Å². The molecule has 14 heavy (non-hydrogen) atoms. The van der Waals surface area contributed by atoms with Crippen molar-refractivity contribution in [1.82, 2.24) is 4.98 Å². The topological polar surface area (TPSA) is 76.2 Å². The maximum absolute atomic E-state index is 13.2. The molecule has 0 aliphatic heterocycles. The van der Waals surface area contributed by atoms with Gasteiger partial charge in [0.2, 0.25) is 0 Å². The minimum absolute atomic E-state index is 0.0319. The third-order valence-electron chi connectivity index (χ3n) is 1.58. The lowest BCUT2D eigenvalue weighted by atomic mass is 10.1. The Labute approximate surface area is 88.1 Å². The molecule has 1 rings (SSSR count). The Morgan fingerprint density at radius 2 is 2.43 bits per heavy atom. The fourth-order valence-corrected chi connectivity index (χ4v) is 1.29. The van der Waals surface area contributed by atoms with Crippen LogP contribution in [0.5, 0.6) is 0 Å². The van der Waals surface area contributed by atoms with Gasteiger partial charge in [-0.25, -0.2) is 4.39 Å². The Hall–Kier alpha value is -1.01. The van der Waals surface area contributed by atoms with Crippen LogP contribution < -0.4 is 5.73 Å². The van der Waals surface area contributed by atoms with Gasteiger partial charge in [-0.15, -0.1) is 0 Å². The Morgan fingerprint density at radius 3 is 2.93 bits per heavy atom. The van der Waals surface area contributed by atoms with E-state index in [1.165, 1.54) is 12.3 Å². The van der Waals surface area contributed by atoms with Gasteiger partial charge in [0.05, 0.1) is 18.2 Å². The zero-order valence-corrected chi connectivity index (χ0v) is 8.66. The van der Waals surface area contributed by atoms with Crippen LogP contribution in [0.15, 0.2) is 16.7 Å². The summed E-state index contributed by atoms with van der Waals surface area (Å²) in [7, 11) is 0. The van der Waals surface area contributed by atoms with Gasteiger partial charge in [0, 0.05) is 10.7 Å². The van der Waals surface area contributed by atoms with Crippen LogP contribution in [0.2, 0.25) is 0 Å². The van der Waals surface area contributed by atoms with Gasteiger partial charge in [0.25, 0.3) is 0 Å². The predicted octanol–water partition coefficient (Wildman–Crippen LogP) is 1.46. The van der Waals surface area contributed by atoms with E-state index in [2.05, 4.69) is 20.9 Å². The number of hydrogen-bond donors (Lipinski definition) is 2. The van der Waals surface area contributed by atoms with E-state index < -0.39 is 17.8 Å². The summed E-state index contributed by atoms with van der Waals surface area (Å²) in [6.07, 6.45) is 1.03. The summed E-state index contributed by atoms with van der Waals surface area (Å²) >= 11 is 3.04. The fraction of sp³-hybridized carbons (Fsp3) is 0.250. The third kappa shape index (κ3) is 2.74. The Balaban J connectivity index is 2.90. The number of carboxylic acid groups (broad SMARTS) is 1. The monoisotopic (exact) mass is 262 g/mol. The molecular weight excluding hydrogens is 255 g/mol. The number of halogens is 2. The summed E-state index contributed by atoms with van der Waals surface area (Å²) in [5.41, 5.74) is 5.42.